The van der Waals surface area contributed by atoms with Gasteiger partial charge in [0, 0.05) is 36.1 Å². The number of hydrogen-bond donors (Lipinski definition) is 1. The van der Waals surface area contributed by atoms with Crippen molar-refractivity contribution in [1.29, 1.82) is 0 Å². The van der Waals surface area contributed by atoms with Crippen molar-refractivity contribution in [1.82, 2.24) is 19.3 Å². The predicted molar refractivity (Wildman–Crippen MR) is 96.0 cm³/mol. The fraction of sp³-hybridized carbons (Fsp3) is 0.278. The minimum Gasteiger partial charge on any atom is -0.348 e. The van der Waals surface area contributed by atoms with E-state index in [-0.39, 0.29) is 28.8 Å². The quantitative estimate of drug-likeness (QED) is 0.784. The van der Waals surface area contributed by atoms with Crippen LogP contribution in [-0.4, -0.2) is 25.9 Å². The molecule has 0 bridgehead atoms. The minimum absolute atomic E-state index is 0.220. The van der Waals surface area contributed by atoms with E-state index in [1.165, 1.54) is 4.57 Å². The van der Waals surface area contributed by atoms with Crippen LogP contribution < -0.4 is 10.9 Å². The first-order valence-corrected chi connectivity index (χ1v) is 8.57. The number of halogens is 1. The Kier molecular flexibility index (Phi) is 3.84. The molecule has 0 saturated heterocycles. The van der Waals surface area contributed by atoms with Crippen LogP contribution in [0.2, 0.25) is 5.02 Å². The van der Waals surface area contributed by atoms with Crippen molar-refractivity contribution in [3.8, 4) is 11.3 Å². The molecule has 1 aromatic carbocycles. The summed E-state index contributed by atoms with van der Waals surface area (Å²) in [6.45, 7) is 0. The average Bonchev–Trinajstić information content (AvgIpc) is 2.99. The third-order valence-corrected chi connectivity index (χ3v) is 5.00. The van der Waals surface area contributed by atoms with Crippen LogP contribution in [0.4, 0.5) is 0 Å². The van der Waals surface area contributed by atoms with Gasteiger partial charge in [0.15, 0.2) is 0 Å². The Labute approximate surface area is 149 Å². The Morgan fingerprint density at radius 2 is 2.04 bits per heavy atom. The second-order valence-corrected chi connectivity index (χ2v) is 6.72. The highest BCUT2D eigenvalue weighted by Gasteiger charge is 2.22. The molecule has 1 aliphatic carbocycles. The first-order valence-electron chi connectivity index (χ1n) is 8.19. The van der Waals surface area contributed by atoms with Gasteiger partial charge in [0.1, 0.15) is 5.69 Å². The van der Waals surface area contributed by atoms with E-state index < -0.39 is 0 Å². The van der Waals surface area contributed by atoms with Crippen LogP contribution in [0.25, 0.3) is 16.9 Å². The Morgan fingerprint density at radius 1 is 1.28 bits per heavy atom. The van der Waals surface area contributed by atoms with Gasteiger partial charge < -0.3 is 9.88 Å². The summed E-state index contributed by atoms with van der Waals surface area (Å²) in [5.41, 5.74) is 1.60. The van der Waals surface area contributed by atoms with E-state index in [0.717, 1.165) is 24.8 Å². The van der Waals surface area contributed by atoms with Crippen LogP contribution in [0, 0.1) is 0 Å². The van der Waals surface area contributed by atoms with E-state index in [1.807, 2.05) is 18.2 Å². The molecule has 1 amide bonds. The van der Waals surface area contributed by atoms with Gasteiger partial charge in [0.2, 0.25) is 5.65 Å². The number of rotatable bonds is 3. The Balaban J connectivity index is 1.80. The second-order valence-electron chi connectivity index (χ2n) is 6.32. The molecule has 0 radical (unpaired) electrons. The largest absolute Gasteiger partial charge is 0.348 e. The number of fused-ring (bicyclic) bond motifs is 1. The van der Waals surface area contributed by atoms with E-state index in [2.05, 4.69) is 10.3 Å². The van der Waals surface area contributed by atoms with Crippen LogP contribution in [0.3, 0.4) is 0 Å². The molecule has 2 aromatic heterocycles. The van der Waals surface area contributed by atoms with Gasteiger partial charge in [-0.05, 0) is 25.3 Å². The van der Waals surface area contributed by atoms with Crippen LogP contribution in [-0.2, 0) is 7.05 Å². The molecule has 0 atom stereocenters. The molecule has 3 aromatic rings. The van der Waals surface area contributed by atoms with Crippen molar-refractivity contribution in [3.05, 3.63) is 57.7 Å². The molecule has 0 unspecified atom stereocenters. The van der Waals surface area contributed by atoms with Crippen molar-refractivity contribution in [2.45, 2.75) is 25.3 Å². The van der Waals surface area contributed by atoms with Crippen LogP contribution in [0.1, 0.15) is 29.8 Å². The molecule has 7 heteroatoms. The monoisotopic (exact) mass is 356 g/mol. The summed E-state index contributed by atoms with van der Waals surface area (Å²) in [4.78, 5) is 29.2. The van der Waals surface area contributed by atoms with Gasteiger partial charge in [-0.15, -0.1) is 0 Å². The van der Waals surface area contributed by atoms with Gasteiger partial charge in [-0.1, -0.05) is 29.8 Å². The molecule has 1 aliphatic rings. The molecular weight excluding hydrogens is 340 g/mol. The number of imidazole rings is 1. The average molecular weight is 357 g/mol. The maximum absolute atomic E-state index is 12.7. The lowest BCUT2D eigenvalue weighted by Gasteiger charge is -2.25. The van der Waals surface area contributed by atoms with Gasteiger partial charge in [-0.25, -0.2) is 4.98 Å². The number of hydrogen-bond acceptors (Lipinski definition) is 3. The lowest BCUT2D eigenvalue weighted by Crippen LogP contribution is -2.39. The summed E-state index contributed by atoms with van der Waals surface area (Å²) < 4.78 is 3.09. The van der Waals surface area contributed by atoms with Gasteiger partial charge in [-0.2, -0.15) is 0 Å². The molecule has 1 fully saturated rings. The second kappa shape index (κ2) is 6.04. The highest BCUT2D eigenvalue weighted by Crippen LogP contribution is 2.26. The van der Waals surface area contributed by atoms with Crippen molar-refractivity contribution < 1.29 is 4.79 Å². The Bertz CT molecular complexity index is 1030. The first-order chi connectivity index (χ1) is 12.0. The molecule has 1 N–H and O–H groups in total. The Hall–Kier alpha value is -2.60. The summed E-state index contributed by atoms with van der Waals surface area (Å²) >= 11 is 6.27. The standard InChI is InChI=1S/C18H17ClN4O2/c1-22-15(12-7-2-3-8-13(12)19)10-23-9-14(21-16(23)18(22)25)17(24)20-11-5-4-6-11/h2-3,7-11H,4-6H2,1H3,(H,20,24). The lowest BCUT2D eigenvalue weighted by molar-refractivity contribution is 0.0912. The van der Waals surface area contributed by atoms with Gasteiger partial charge in [0.05, 0.1) is 5.69 Å². The number of nitrogens with one attached hydrogen (secondary N) is 1. The molecule has 128 valence electrons. The third kappa shape index (κ3) is 2.72. The summed E-state index contributed by atoms with van der Waals surface area (Å²) in [5.74, 6) is -0.241. The van der Waals surface area contributed by atoms with Crippen molar-refractivity contribution in [3.63, 3.8) is 0 Å². The van der Waals surface area contributed by atoms with Crippen molar-refractivity contribution in [2.24, 2.45) is 7.05 Å². The molecule has 6 nitrogen and oxygen atoms in total. The summed E-state index contributed by atoms with van der Waals surface area (Å²) in [5, 5.41) is 3.49. The smallest absolute Gasteiger partial charge is 0.294 e. The van der Waals surface area contributed by atoms with E-state index in [1.54, 1.807) is 29.9 Å². The highest BCUT2D eigenvalue weighted by atomic mass is 35.5. The number of carbonyl (C=O) groups excluding carboxylic acids is 1. The number of benzene rings is 1. The van der Waals surface area contributed by atoms with Crippen LogP contribution in [0.5, 0.6) is 0 Å². The van der Waals surface area contributed by atoms with E-state index in [0.29, 0.717) is 10.7 Å². The zero-order valence-corrected chi connectivity index (χ0v) is 14.5. The fourth-order valence-electron chi connectivity index (χ4n) is 2.97. The summed E-state index contributed by atoms with van der Waals surface area (Å²) in [6.07, 6.45) is 6.49. The van der Waals surface area contributed by atoms with Crippen molar-refractivity contribution >= 4 is 23.2 Å². The zero-order chi connectivity index (χ0) is 17.6. The fourth-order valence-corrected chi connectivity index (χ4v) is 3.20. The molecule has 2 heterocycles. The van der Waals surface area contributed by atoms with Crippen LogP contribution >= 0.6 is 11.6 Å². The number of nitrogens with zero attached hydrogens (tertiary/aromatic N) is 3. The first kappa shape index (κ1) is 15.9. The SMILES string of the molecule is Cn1c(-c2ccccc2Cl)cn2cc(C(=O)NC3CCC3)nc2c1=O. The number of amides is 1. The molecular formula is C18H17ClN4O2. The normalized spacial score (nSPS) is 14.5. The van der Waals surface area contributed by atoms with Gasteiger partial charge in [0.25, 0.3) is 11.5 Å². The van der Waals surface area contributed by atoms with E-state index in [4.69, 9.17) is 11.6 Å². The zero-order valence-electron chi connectivity index (χ0n) is 13.7. The molecule has 0 spiro atoms. The van der Waals surface area contributed by atoms with E-state index in [9.17, 15) is 9.59 Å². The number of carbonyl (C=O) groups is 1. The maximum atomic E-state index is 12.7. The summed E-state index contributed by atoms with van der Waals surface area (Å²) in [6, 6.07) is 7.55. The summed E-state index contributed by atoms with van der Waals surface area (Å²) in [7, 11) is 1.67. The maximum Gasteiger partial charge on any atom is 0.294 e. The molecule has 1 saturated carbocycles. The minimum atomic E-state index is -0.278. The topological polar surface area (TPSA) is 68.4 Å². The predicted octanol–water partition coefficient (Wildman–Crippen LogP) is 2.64. The van der Waals surface area contributed by atoms with Crippen molar-refractivity contribution in [2.75, 3.05) is 0 Å². The lowest BCUT2D eigenvalue weighted by atomic mass is 9.93. The highest BCUT2D eigenvalue weighted by molar-refractivity contribution is 6.33. The third-order valence-electron chi connectivity index (χ3n) is 4.67. The van der Waals surface area contributed by atoms with Crippen LogP contribution in [0.15, 0.2) is 41.5 Å². The molecule has 4 rings (SSSR count). The molecule has 0 aliphatic heterocycles. The Morgan fingerprint density at radius 3 is 2.72 bits per heavy atom. The number of aromatic nitrogens is 3. The van der Waals surface area contributed by atoms with E-state index >= 15 is 0 Å². The van der Waals surface area contributed by atoms with Gasteiger partial charge >= 0.3 is 0 Å². The molecule has 25 heavy (non-hydrogen) atoms. The van der Waals surface area contributed by atoms with Gasteiger partial charge in [-0.3, -0.25) is 14.0 Å².